The molecule has 0 heterocycles. The molecule has 0 aromatic heterocycles. The minimum Gasteiger partial charge on any atom is -0.462 e. The van der Waals surface area contributed by atoms with Gasteiger partial charge >= 0.3 is 11.9 Å². The highest BCUT2D eigenvalue weighted by molar-refractivity contribution is 6.12. The monoisotopic (exact) mass is 500 g/mol. The molecule has 1 aromatic rings. The smallest absolute Gasteiger partial charge is 0.338 e. The third-order valence-electron chi connectivity index (χ3n) is 4.81. The van der Waals surface area contributed by atoms with Crippen molar-refractivity contribution >= 4 is 35.3 Å². The number of carbonyl (C=O) groups excluding carboxylic acids is 6. The van der Waals surface area contributed by atoms with Crippen molar-refractivity contribution in [3.8, 4) is 0 Å². The Kier molecular flexibility index (Phi) is 11.9. The predicted octanol–water partition coefficient (Wildman–Crippen LogP) is 2.57. The van der Waals surface area contributed by atoms with Crippen LogP contribution in [0.15, 0.2) is 36.4 Å². The average Bonchev–Trinajstić information content (AvgIpc) is 2.81. The molecule has 10 heteroatoms. The molecule has 0 unspecified atom stereocenters. The van der Waals surface area contributed by atoms with E-state index < -0.39 is 23.5 Å². The molecule has 0 saturated heterocycles. The molecule has 1 rings (SSSR count). The fraction of sp³-hybridized carbons (Fsp3) is 0.385. The number of esters is 2. The van der Waals surface area contributed by atoms with Gasteiger partial charge in [0.1, 0.15) is 0 Å². The first-order valence-electron chi connectivity index (χ1n) is 11.3. The number of hydrogen-bond acceptors (Lipinski definition) is 8. The topological polar surface area (TPSA) is 145 Å². The largest absolute Gasteiger partial charge is 0.462 e. The molecule has 0 radical (unpaired) electrons. The Bertz CT molecular complexity index is 1010. The second-order valence-electron chi connectivity index (χ2n) is 8.11. The summed E-state index contributed by atoms with van der Waals surface area (Å²) in [6.07, 6.45) is 0.616. The van der Waals surface area contributed by atoms with Crippen LogP contribution in [0.4, 0.5) is 0 Å². The second kappa shape index (κ2) is 14.3. The molecule has 0 bridgehead atoms. The number of rotatable bonds is 14. The van der Waals surface area contributed by atoms with Crippen LogP contribution < -0.4 is 10.6 Å². The second-order valence-corrected chi connectivity index (χ2v) is 8.11. The summed E-state index contributed by atoms with van der Waals surface area (Å²) in [6.45, 7) is 13.0. The van der Waals surface area contributed by atoms with Gasteiger partial charge in [-0.25, -0.2) is 9.59 Å². The van der Waals surface area contributed by atoms with Crippen molar-refractivity contribution in [1.29, 1.82) is 0 Å². The molecular weight excluding hydrogens is 468 g/mol. The van der Waals surface area contributed by atoms with E-state index >= 15 is 0 Å². The lowest BCUT2D eigenvalue weighted by Crippen LogP contribution is -2.26. The molecule has 10 nitrogen and oxygen atoms in total. The summed E-state index contributed by atoms with van der Waals surface area (Å²) < 4.78 is 10.4. The number of carbonyl (C=O) groups is 6. The summed E-state index contributed by atoms with van der Waals surface area (Å²) in [7, 11) is 0. The van der Waals surface area contributed by atoms with E-state index in [1.165, 1.54) is 19.9 Å². The Labute approximate surface area is 210 Å². The van der Waals surface area contributed by atoms with Gasteiger partial charge in [-0.3, -0.25) is 19.2 Å². The van der Waals surface area contributed by atoms with Crippen LogP contribution >= 0.6 is 0 Å². The summed E-state index contributed by atoms with van der Waals surface area (Å²) in [5.74, 6) is -3.35. The Balaban J connectivity index is 2.95. The first-order valence-corrected chi connectivity index (χ1v) is 11.3. The normalized spacial score (nSPS) is 10.1. The number of Topliss-reactive ketones (excluding diaryl/α,β-unsaturated/α-hetero) is 2. The van der Waals surface area contributed by atoms with Crippen molar-refractivity contribution in [2.75, 3.05) is 26.3 Å². The molecule has 0 saturated carbocycles. The lowest BCUT2D eigenvalue weighted by Gasteiger charge is -2.14. The molecule has 1 aromatic carbocycles. The van der Waals surface area contributed by atoms with Crippen LogP contribution in [0.5, 0.6) is 0 Å². The summed E-state index contributed by atoms with van der Waals surface area (Å²) in [6, 6.07) is 2.29. The Morgan fingerprint density at radius 1 is 0.639 bits per heavy atom. The Morgan fingerprint density at radius 2 is 0.972 bits per heavy atom. The molecule has 0 aliphatic carbocycles. The van der Waals surface area contributed by atoms with Gasteiger partial charge in [-0.1, -0.05) is 13.2 Å². The van der Waals surface area contributed by atoms with Gasteiger partial charge in [0.15, 0.2) is 11.6 Å². The van der Waals surface area contributed by atoms with Crippen molar-refractivity contribution in [3.05, 3.63) is 58.7 Å². The van der Waals surface area contributed by atoms with E-state index in [0.29, 0.717) is 24.0 Å². The van der Waals surface area contributed by atoms with Crippen LogP contribution in [0.1, 0.15) is 82.0 Å². The zero-order valence-corrected chi connectivity index (χ0v) is 21.1. The van der Waals surface area contributed by atoms with E-state index in [1.807, 2.05) is 0 Å². The van der Waals surface area contributed by atoms with Crippen molar-refractivity contribution in [2.24, 2.45) is 0 Å². The molecule has 0 spiro atoms. The molecule has 2 amide bonds. The lowest BCUT2D eigenvalue weighted by molar-refractivity contribution is -0.118. The van der Waals surface area contributed by atoms with Crippen molar-refractivity contribution in [1.82, 2.24) is 10.6 Å². The zero-order chi connectivity index (χ0) is 27.4. The maximum absolute atomic E-state index is 12.7. The number of ketones is 2. The first-order chi connectivity index (χ1) is 16.9. The first kappa shape index (κ1) is 30.0. The number of nitrogens with one attached hydrogen (secondary N) is 2. The van der Waals surface area contributed by atoms with E-state index in [2.05, 4.69) is 23.8 Å². The predicted molar refractivity (Wildman–Crippen MR) is 132 cm³/mol. The molecule has 0 atom stereocenters. The van der Waals surface area contributed by atoms with Crippen molar-refractivity contribution in [2.45, 2.75) is 40.5 Å². The number of hydrogen-bond donors (Lipinski definition) is 2. The molecule has 0 fully saturated rings. The van der Waals surface area contributed by atoms with Gasteiger partial charge in [0.25, 0.3) is 0 Å². The van der Waals surface area contributed by atoms with Gasteiger partial charge in [0.05, 0.1) is 24.3 Å². The van der Waals surface area contributed by atoms with E-state index in [-0.39, 0.29) is 60.4 Å². The third-order valence-corrected chi connectivity index (χ3v) is 4.81. The minimum absolute atomic E-state index is 0.0587. The van der Waals surface area contributed by atoms with E-state index in [9.17, 15) is 28.8 Å². The molecule has 0 aliphatic heterocycles. The SMILES string of the molecule is C=C(C)C(=O)NCCCOC(=O)c1cc(C(=O)OCCCNC(=O)C(=C)C)c(C(C)=O)cc1C(C)=O. The molecular formula is C26H32N2O8. The molecule has 194 valence electrons. The van der Waals surface area contributed by atoms with Crippen LogP contribution in [0.25, 0.3) is 0 Å². The van der Waals surface area contributed by atoms with Crippen molar-refractivity contribution < 1.29 is 38.2 Å². The van der Waals surface area contributed by atoms with Crippen LogP contribution in [0.3, 0.4) is 0 Å². The van der Waals surface area contributed by atoms with Gasteiger partial charge in [-0.2, -0.15) is 0 Å². The molecule has 0 aliphatic rings. The van der Waals surface area contributed by atoms with E-state index in [4.69, 9.17) is 9.47 Å². The van der Waals surface area contributed by atoms with Gasteiger partial charge in [0, 0.05) is 35.4 Å². The van der Waals surface area contributed by atoms with E-state index in [1.54, 1.807) is 13.8 Å². The highest BCUT2D eigenvalue weighted by Crippen LogP contribution is 2.21. The highest BCUT2D eigenvalue weighted by Gasteiger charge is 2.25. The van der Waals surface area contributed by atoms with Crippen molar-refractivity contribution in [3.63, 3.8) is 0 Å². The van der Waals surface area contributed by atoms with Gasteiger partial charge in [-0.05, 0) is 52.7 Å². The maximum Gasteiger partial charge on any atom is 0.338 e. The lowest BCUT2D eigenvalue weighted by atomic mass is 9.94. The Morgan fingerprint density at radius 3 is 1.28 bits per heavy atom. The van der Waals surface area contributed by atoms with Gasteiger partial charge in [0.2, 0.25) is 11.8 Å². The average molecular weight is 501 g/mol. The highest BCUT2D eigenvalue weighted by atomic mass is 16.5. The third kappa shape index (κ3) is 9.28. The van der Waals surface area contributed by atoms with Crippen LogP contribution in [0, 0.1) is 0 Å². The van der Waals surface area contributed by atoms with Crippen LogP contribution in [0.2, 0.25) is 0 Å². The quantitative estimate of drug-likeness (QED) is 0.172. The molecule has 2 N–H and O–H groups in total. The summed E-state index contributed by atoms with van der Waals surface area (Å²) in [5, 5.41) is 5.20. The van der Waals surface area contributed by atoms with Crippen LogP contribution in [-0.4, -0.2) is 61.6 Å². The number of amides is 2. The summed E-state index contributed by atoms with van der Waals surface area (Å²) in [4.78, 5) is 72.7. The van der Waals surface area contributed by atoms with Gasteiger partial charge < -0.3 is 20.1 Å². The fourth-order valence-corrected chi connectivity index (χ4v) is 2.86. The standard InChI is InChI=1S/C26H32N2O8/c1-15(2)23(31)27-9-7-11-35-25(33)21-14-22(20(18(6)30)13-19(21)17(5)29)26(34)36-12-8-10-28-24(32)16(3)4/h13-14H,1,3,7-12H2,2,4-6H3,(H,27,31)(H,28,32). The van der Waals surface area contributed by atoms with E-state index in [0.717, 1.165) is 6.07 Å². The van der Waals surface area contributed by atoms with Gasteiger partial charge in [-0.15, -0.1) is 0 Å². The number of ether oxygens (including phenoxy) is 2. The number of benzene rings is 1. The fourth-order valence-electron chi connectivity index (χ4n) is 2.86. The Hall–Kier alpha value is -4.08. The maximum atomic E-state index is 12.7. The van der Waals surface area contributed by atoms with Crippen LogP contribution in [-0.2, 0) is 19.1 Å². The summed E-state index contributed by atoms with van der Waals surface area (Å²) in [5.41, 5.74) is 0.192. The minimum atomic E-state index is -0.863. The molecule has 36 heavy (non-hydrogen) atoms. The zero-order valence-electron chi connectivity index (χ0n) is 21.1. The summed E-state index contributed by atoms with van der Waals surface area (Å²) >= 11 is 0.